The van der Waals surface area contributed by atoms with Gasteiger partial charge in [0.05, 0.1) is 15.6 Å². The number of nitro benzene ring substituents is 1. The minimum Gasteiger partial charge on any atom is -0.258 e. The third kappa shape index (κ3) is 1.96. The zero-order valence-electron chi connectivity index (χ0n) is 7.15. The summed E-state index contributed by atoms with van der Waals surface area (Å²) in [5.74, 6) is 0. The second-order valence-corrected chi connectivity index (χ2v) is 2.94. The molecule has 0 bridgehead atoms. The van der Waals surface area contributed by atoms with E-state index in [2.05, 4.69) is 4.99 Å². The maximum Gasteiger partial charge on any atom is 0.275 e. The molecule has 0 aliphatic rings. The number of hydrogen-bond acceptors (Lipinski definition) is 4. The summed E-state index contributed by atoms with van der Waals surface area (Å²) in [6.45, 7) is 1.52. The third-order valence-electron chi connectivity index (χ3n) is 1.67. The van der Waals surface area contributed by atoms with Crippen LogP contribution in [0.25, 0.3) is 0 Å². The fourth-order valence-electron chi connectivity index (χ4n) is 0.957. The Labute approximate surface area is 84.2 Å². The second kappa shape index (κ2) is 4.00. The van der Waals surface area contributed by atoms with Crippen molar-refractivity contribution in [1.82, 2.24) is 0 Å². The molecule has 0 aliphatic carbocycles. The van der Waals surface area contributed by atoms with Gasteiger partial charge in [-0.05, 0) is 13.0 Å². The first-order valence-electron chi connectivity index (χ1n) is 3.58. The molecule has 0 fully saturated rings. The van der Waals surface area contributed by atoms with Crippen LogP contribution in [0.15, 0.2) is 17.1 Å². The van der Waals surface area contributed by atoms with Crippen LogP contribution in [0.3, 0.4) is 0 Å². The molecular weight excluding hydrogens is 208 g/mol. The molecule has 0 atom stereocenters. The lowest BCUT2D eigenvalue weighted by atomic mass is 10.2. The van der Waals surface area contributed by atoms with Gasteiger partial charge < -0.3 is 0 Å². The van der Waals surface area contributed by atoms with E-state index in [4.69, 9.17) is 11.6 Å². The molecule has 0 unspecified atom stereocenters. The van der Waals surface area contributed by atoms with E-state index >= 15 is 0 Å². The predicted molar refractivity (Wildman–Crippen MR) is 50.6 cm³/mol. The van der Waals surface area contributed by atoms with Gasteiger partial charge in [-0.3, -0.25) is 10.1 Å². The van der Waals surface area contributed by atoms with E-state index in [1.165, 1.54) is 25.1 Å². The molecule has 72 valence electrons. The summed E-state index contributed by atoms with van der Waals surface area (Å²) in [4.78, 5) is 23.2. The largest absolute Gasteiger partial charge is 0.275 e. The van der Waals surface area contributed by atoms with Crippen molar-refractivity contribution in [3.8, 4) is 0 Å². The van der Waals surface area contributed by atoms with Crippen molar-refractivity contribution in [2.24, 2.45) is 4.99 Å². The summed E-state index contributed by atoms with van der Waals surface area (Å²) >= 11 is 5.70. The summed E-state index contributed by atoms with van der Waals surface area (Å²) in [5.41, 5.74) is 0.315. The first kappa shape index (κ1) is 10.4. The van der Waals surface area contributed by atoms with Gasteiger partial charge in [0.1, 0.15) is 0 Å². The van der Waals surface area contributed by atoms with E-state index < -0.39 is 4.92 Å². The van der Waals surface area contributed by atoms with E-state index in [1.807, 2.05) is 0 Å². The second-order valence-electron chi connectivity index (χ2n) is 2.53. The van der Waals surface area contributed by atoms with Crippen LogP contribution in [-0.2, 0) is 4.79 Å². The molecule has 0 radical (unpaired) electrons. The molecule has 0 saturated heterocycles. The van der Waals surface area contributed by atoms with Crippen LogP contribution in [0.1, 0.15) is 5.56 Å². The molecule has 1 aromatic carbocycles. The minimum atomic E-state index is -0.578. The van der Waals surface area contributed by atoms with Crippen LogP contribution >= 0.6 is 11.6 Å². The van der Waals surface area contributed by atoms with Gasteiger partial charge >= 0.3 is 0 Å². The van der Waals surface area contributed by atoms with E-state index in [1.54, 1.807) is 0 Å². The zero-order chi connectivity index (χ0) is 10.7. The zero-order valence-corrected chi connectivity index (χ0v) is 7.91. The topological polar surface area (TPSA) is 72.6 Å². The van der Waals surface area contributed by atoms with Crippen molar-refractivity contribution in [1.29, 1.82) is 0 Å². The van der Waals surface area contributed by atoms with E-state index in [0.717, 1.165) is 0 Å². The van der Waals surface area contributed by atoms with E-state index in [-0.39, 0.29) is 16.4 Å². The quantitative estimate of drug-likeness (QED) is 0.327. The number of isocyanates is 1. The fraction of sp³-hybridized carbons (Fsp3) is 0.125. The fourth-order valence-corrected chi connectivity index (χ4v) is 1.17. The lowest BCUT2D eigenvalue weighted by Crippen LogP contribution is -1.91. The standard InChI is InChI=1S/C8H5ClN2O3/c1-5-7(9)2-6(10-4-12)3-8(5)11(13)14/h2-3H,1H3. The van der Waals surface area contributed by atoms with E-state index in [0.29, 0.717) is 5.56 Å². The molecule has 0 aromatic heterocycles. The Kier molecular flexibility index (Phi) is 2.96. The molecule has 1 rings (SSSR count). The third-order valence-corrected chi connectivity index (χ3v) is 2.07. The molecule has 0 spiro atoms. The number of halogens is 1. The van der Waals surface area contributed by atoms with Gasteiger partial charge in [0, 0.05) is 11.6 Å². The first-order chi connectivity index (χ1) is 6.56. The average Bonchev–Trinajstić information content (AvgIpc) is 2.11. The normalized spacial score (nSPS) is 9.29. The monoisotopic (exact) mass is 212 g/mol. The lowest BCUT2D eigenvalue weighted by Gasteiger charge is -2.00. The Morgan fingerprint density at radius 1 is 1.57 bits per heavy atom. The number of benzene rings is 1. The molecule has 0 saturated carbocycles. The predicted octanol–water partition coefficient (Wildman–Crippen LogP) is 2.52. The molecule has 6 heteroatoms. The lowest BCUT2D eigenvalue weighted by molar-refractivity contribution is -0.385. The number of aliphatic imine (C=N–C) groups is 1. The van der Waals surface area contributed by atoms with Crippen molar-refractivity contribution < 1.29 is 9.72 Å². The molecule has 0 amide bonds. The van der Waals surface area contributed by atoms with Gasteiger partial charge in [-0.25, -0.2) is 4.79 Å². The summed E-state index contributed by atoms with van der Waals surface area (Å²) in [6, 6.07) is 2.54. The molecule has 5 nitrogen and oxygen atoms in total. The van der Waals surface area contributed by atoms with Crippen LogP contribution in [0.2, 0.25) is 5.02 Å². The number of hydrogen-bond donors (Lipinski definition) is 0. The molecule has 0 N–H and O–H groups in total. The number of nitro groups is 1. The van der Waals surface area contributed by atoms with Gasteiger partial charge in [0.15, 0.2) is 0 Å². The van der Waals surface area contributed by atoms with Crippen LogP contribution in [-0.4, -0.2) is 11.0 Å². The van der Waals surface area contributed by atoms with Crippen LogP contribution in [0.5, 0.6) is 0 Å². The first-order valence-corrected chi connectivity index (χ1v) is 3.96. The number of carbonyl (C=O) groups excluding carboxylic acids is 1. The minimum absolute atomic E-state index is 0.127. The summed E-state index contributed by atoms with van der Waals surface area (Å²) in [5, 5.41) is 10.7. The highest BCUT2D eigenvalue weighted by molar-refractivity contribution is 6.31. The maximum atomic E-state index is 10.5. The van der Waals surface area contributed by atoms with Gasteiger partial charge in [-0.15, -0.1) is 0 Å². The average molecular weight is 213 g/mol. The highest BCUT2D eigenvalue weighted by Gasteiger charge is 2.14. The molecule has 0 aliphatic heterocycles. The molecular formula is C8H5ClN2O3. The van der Waals surface area contributed by atoms with Crippen molar-refractivity contribution >= 4 is 29.1 Å². The van der Waals surface area contributed by atoms with E-state index in [9.17, 15) is 14.9 Å². The number of rotatable bonds is 2. The Morgan fingerprint density at radius 3 is 2.71 bits per heavy atom. The molecule has 0 heterocycles. The Bertz CT molecular complexity index is 438. The van der Waals surface area contributed by atoms with Crippen LogP contribution in [0.4, 0.5) is 11.4 Å². The molecule has 14 heavy (non-hydrogen) atoms. The maximum absolute atomic E-state index is 10.5. The Balaban J connectivity index is 3.42. The van der Waals surface area contributed by atoms with Crippen molar-refractivity contribution in [3.63, 3.8) is 0 Å². The SMILES string of the molecule is Cc1c(Cl)cc(N=C=O)cc1[N+](=O)[O-]. The highest BCUT2D eigenvalue weighted by atomic mass is 35.5. The van der Waals surface area contributed by atoms with Crippen molar-refractivity contribution in [3.05, 3.63) is 32.8 Å². The van der Waals surface area contributed by atoms with Gasteiger partial charge in [-0.1, -0.05) is 11.6 Å². The van der Waals surface area contributed by atoms with Crippen LogP contribution < -0.4 is 0 Å². The summed E-state index contributed by atoms with van der Waals surface area (Å²) < 4.78 is 0. The van der Waals surface area contributed by atoms with Crippen LogP contribution in [0, 0.1) is 17.0 Å². The smallest absolute Gasteiger partial charge is 0.258 e. The Hall–Kier alpha value is -1.71. The molecule has 1 aromatic rings. The Morgan fingerprint density at radius 2 is 2.21 bits per heavy atom. The van der Waals surface area contributed by atoms with Crippen molar-refractivity contribution in [2.75, 3.05) is 0 Å². The van der Waals surface area contributed by atoms with Gasteiger partial charge in [0.25, 0.3) is 5.69 Å². The summed E-state index contributed by atoms with van der Waals surface area (Å²) in [7, 11) is 0. The van der Waals surface area contributed by atoms with Gasteiger partial charge in [-0.2, -0.15) is 4.99 Å². The van der Waals surface area contributed by atoms with Crippen molar-refractivity contribution in [2.45, 2.75) is 6.92 Å². The summed E-state index contributed by atoms with van der Waals surface area (Å²) in [6.07, 6.45) is 1.29. The highest BCUT2D eigenvalue weighted by Crippen LogP contribution is 2.30. The van der Waals surface area contributed by atoms with Gasteiger partial charge in [0.2, 0.25) is 6.08 Å². The number of nitrogens with zero attached hydrogens (tertiary/aromatic N) is 2.